The standard InChI is InChI=1S/C11H21N5O2/c1-7(2)5-13-6-8-15-16-10(18-8)14-11(3,4)9(12)17/h7,13H,5-6H2,1-4H3,(H2,12,17)(H,14,16). The smallest absolute Gasteiger partial charge is 0.316 e. The number of carbonyl (C=O) groups excluding carboxylic acids is 1. The number of primary amides is 1. The summed E-state index contributed by atoms with van der Waals surface area (Å²) in [5.74, 6) is 0.540. The van der Waals surface area contributed by atoms with Crippen molar-refractivity contribution in [3.05, 3.63) is 5.89 Å². The van der Waals surface area contributed by atoms with E-state index in [1.807, 2.05) is 0 Å². The second-order valence-corrected chi connectivity index (χ2v) is 5.14. The lowest BCUT2D eigenvalue weighted by Crippen LogP contribution is -2.45. The minimum atomic E-state index is -0.921. The molecular formula is C11H21N5O2. The van der Waals surface area contributed by atoms with Gasteiger partial charge in [-0.05, 0) is 26.3 Å². The molecule has 102 valence electrons. The molecule has 0 fully saturated rings. The van der Waals surface area contributed by atoms with Crippen LogP contribution in [0.4, 0.5) is 6.01 Å². The van der Waals surface area contributed by atoms with E-state index in [2.05, 4.69) is 34.7 Å². The number of carbonyl (C=O) groups is 1. The van der Waals surface area contributed by atoms with Crippen molar-refractivity contribution in [2.75, 3.05) is 11.9 Å². The molecule has 0 unspecified atom stereocenters. The lowest BCUT2D eigenvalue weighted by atomic mass is 10.1. The van der Waals surface area contributed by atoms with Crippen molar-refractivity contribution in [2.24, 2.45) is 11.7 Å². The highest BCUT2D eigenvalue weighted by Crippen LogP contribution is 2.13. The van der Waals surface area contributed by atoms with Crippen LogP contribution >= 0.6 is 0 Å². The molecule has 7 nitrogen and oxygen atoms in total. The summed E-state index contributed by atoms with van der Waals surface area (Å²) in [5.41, 5.74) is 4.31. The van der Waals surface area contributed by atoms with E-state index in [0.717, 1.165) is 6.54 Å². The Balaban J connectivity index is 2.51. The summed E-state index contributed by atoms with van der Waals surface area (Å²) in [4.78, 5) is 11.1. The molecule has 1 aromatic rings. The van der Waals surface area contributed by atoms with E-state index in [9.17, 15) is 4.79 Å². The zero-order valence-corrected chi connectivity index (χ0v) is 11.3. The number of rotatable bonds is 7. The van der Waals surface area contributed by atoms with Crippen molar-refractivity contribution < 1.29 is 9.21 Å². The molecule has 0 saturated heterocycles. The Morgan fingerprint density at radius 3 is 2.67 bits per heavy atom. The Kier molecular flexibility index (Phi) is 4.66. The molecule has 7 heteroatoms. The number of nitrogens with zero attached hydrogens (tertiary/aromatic N) is 2. The van der Waals surface area contributed by atoms with E-state index in [-0.39, 0.29) is 6.01 Å². The number of hydrogen-bond donors (Lipinski definition) is 3. The predicted molar refractivity (Wildman–Crippen MR) is 67.7 cm³/mol. The van der Waals surface area contributed by atoms with Gasteiger partial charge in [-0.3, -0.25) is 4.79 Å². The number of amides is 1. The zero-order valence-electron chi connectivity index (χ0n) is 11.3. The largest absolute Gasteiger partial charge is 0.407 e. The first kappa shape index (κ1) is 14.4. The molecular weight excluding hydrogens is 234 g/mol. The quantitative estimate of drug-likeness (QED) is 0.654. The summed E-state index contributed by atoms with van der Waals surface area (Å²) in [6, 6.07) is 0.195. The van der Waals surface area contributed by atoms with Crippen molar-refractivity contribution in [2.45, 2.75) is 39.8 Å². The summed E-state index contributed by atoms with van der Waals surface area (Å²) >= 11 is 0. The van der Waals surface area contributed by atoms with Crippen LogP contribution in [-0.2, 0) is 11.3 Å². The molecule has 0 aromatic carbocycles. The molecule has 0 spiro atoms. The Labute approximate surface area is 107 Å². The van der Waals surface area contributed by atoms with E-state index < -0.39 is 11.4 Å². The van der Waals surface area contributed by atoms with Crippen LogP contribution in [0.1, 0.15) is 33.6 Å². The van der Waals surface area contributed by atoms with Crippen LogP contribution in [-0.4, -0.2) is 28.2 Å². The molecule has 1 rings (SSSR count). The fraction of sp³-hybridized carbons (Fsp3) is 0.727. The van der Waals surface area contributed by atoms with Gasteiger partial charge in [0.15, 0.2) is 0 Å². The van der Waals surface area contributed by atoms with Crippen molar-refractivity contribution in [1.29, 1.82) is 0 Å². The third-order valence-electron chi connectivity index (χ3n) is 2.33. The second-order valence-electron chi connectivity index (χ2n) is 5.14. The van der Waals surface area contributed by atoms with Gasteiger partial charge in [0.1, 0.15) is 5.54 Å². The maximum absolute atomic E-state index is 11.1. The summed E-state index contributed by atoms with van der Waals surface area (Å²) in [7, 11) is 0. The highest BCUT2D eigenvalue weighted by atomic mass is 16.4. The highest BCUT2D eigenvalue weighted by molar-refractivity contribution is 5.86. The molecule has 0 aliphatic carbocycles. The van der Waals surface area contributed by atoms with Crippen molar-refractivity contribution in [1.82, 2.24) is 15.5 Å². The lowest BCUT2D eigenvalue weighted by Gasteiger charge is -2.20. The van der Waals surface area contributed by atoms with Gasteiger partial charge in [-0.2, -0.15) is 0 Å². The number of nitrogens with one attached hydrogen (secondary N) is 2. The number of nitrogens with two attached hydrogens (primary N) is 1. The van der Waals surface area contributed by atoms with Crippen LogP contribution in [0.2, 0.25) is 0 Å². The average molecular weight is 255 g/mol. The van der Waals surface area contributed by atoms with E-state index in [1.54, 1.807) is 13.8 Å². The Morgan fingerprint density at radius 1 is 1.44 bits per heavy atom. The van der Waals surface area contributed by atoms with Crippen LogP contribution in [0.15, 0.2) is 4.42 Å². The molecule has 1 amide bonds. The first-order valence-corrected chi connectivity index (χ1v) is 5.92. The summed E-state index contributed by atoms with van der Waals surface area (Å²) in [6.45, 7) is 8.90. The maximum atomic E-state index is 11.1. The summed E-state index contributed by atoms with van der Waals surface area (Å²) in [6.07, 6.45) is 0. The topological polar surface area (TPSA) is 106 Å². The van der Waals surface area contributed by atoms with E-state index >= 15 is 0 Å². The first-order valence-electron chi connectivity index (χ1n) is 5.92. The van der Waals surface area contributed by atoms with Crippen LogP contribution in [0.3, 0.4) is 0 Å². The summed E-state index contributed by atoms with van der Waals surface area (Å²) < 4.78 is 5.35. The number of anilines is 1. The normalized spacial score (nSPS) is 11.8. The fourth-order valence-electron chi connectivity index (χ4n) is 1.17. The number of hydrogen-bond acceptors (Lipinski definition) is 6. The SMILES string of the molecule is CC(C)CNCc1nnc(NC(C)(C)C(N)=O)o1. The summed E-state index contributed by atoms with van der Waals surface area (Å²) in [5, 5.41) is 13.6. The van der Waals surface area contributed by atoms with Gasteiger partial charge in [0.25, 0.3) is 0 Å². The van der Waals surface area contributed by atoms with Gasteiger partial charge < -0.3 is 20.8 Å². The van der Waals surface area contributed by atoms with E-state index in [4.69, 9.17) is 10.2 Å². The fourth-order valence-corrected chi connectivity index (χ4v) is 1.17. The van der Waals surface area contributed by atoms with Crippen LogP contribution in [0.5, 0.6) is 0 Å². The maximum Gasteiger partial charge on any atom is 0.316 e. The van der Waals surface area contributed by atoms with Gasteiger partial charge in [-0.25, -0.2) is 0 Å². The van der Waals surface area contributed by atoms with Gasteiger partial charge in [0.05, 0.1) is 6.54 Å². The molecule has 0 aliphatic rings. The van der Waals surface area contributed by atoms with Gasteiger partial charge in [-0.1, -0.05) is 18.9 Å². The number of aromatic nitrogens is 2. The molecule has 18 heavy (non-hydrogen) atoms. The van der Waals surface area contributed by atoms with Crippen LogP contribution in [0, 0.1) is 5.92 Å². The van der Waals surface area contributed by atoms with Crippen LogP contribution < -0.4 is 16.4 Å². The third-order valence-corrected chi connectivity index (χ3v) is 2.33. The lowest BCUT2D eigenvalue weighted by molar-refractivity contribution is -0.121. The van der Waals surface area contributed by atoms with E-state index in [0.29, 0.717) is 18.4 Å². The van der Waals surface area contributed by atoms with Gasteiger partial charge in [0, 0.05) is 0 Å². The average Bonchev–Trinajstić information content (AvgIpc) is 2.64. The minimum absolute atomic E-state index is 0.195. The van der Waals surface area contributed by atoms with E-state index in [1.165, 1.54) is 0 Å². The van der Waals surface area contributed by atoms with Crippen molar-refractivity contribution in [3.8, 4) is 0 Å². The van der Waals surface area contributed by atoms with Gasteiger partial charge in [0.2, 0.25) is 11.8 Å². The molecule has 0 bridgehead atoms. The van der Waals surface area contributed by atoms with Crippen molar-refractivity contribution >= 4 is 11.9 Å². The highest BCUT2D eigenvalue weighted by Gasteiger charge is 2.26. The van der Waals surface area contributed by atoms with Crippen LogP contribution in [0.25, 0.3) is 0 Å². The van der Waals surface area contributed by atoms with Gasteiger partial charge >= 0.3 is 6.01 Å². The monoisotopic (exact) mass is 255 g/mol. The predicted octanol–water partition coefficient (Wildman–Crippen LogP) is 0.491. The molecule has 4 N–H and O–H groups in total. The van der Waals surface area contributed by atoms with Crippen molar-refractivity contribution in [3.63, 3.8) is 0 Å². The van der Waals surface area contributed by atoms with Gasteiger partial charge in [-0.15, -0.1) is 5.10 Å². The Bertz CT molecular complexity index is 400. The Hall–Kier alpha value is -1.63. The molecule has 0 radical (unpaired) electrons. The minimum Gasteiger partial charge on any atom is -0.407 e. The second kappa shape index (κ2) is 5.81. The molecule has 0 aliphatic heterocycles. The first-order chi connectivity index (χ1) is 8.31. The molecule has 0 saturated carbocycles. The molecule has 0 atom stereocenters. The zero-order chi connectivity index (χ0) is 13.8. The molecule has 1 aromatic heterocycles. The Morgan fingerprint density at radius 2 is 2.11 bits per heavy atom. The molecule has 1 heterocycles. The third kappa shape index (κ3) is 4.33.